The van der Waals surface area contributed by atoms with Gasteiger partial charge >= 0.3 is 0 Å². The summed E-state index contributed by atoms with van der Waals surface area (Å²) < 4.78 is 0. The van der Waals surface area contributed by atoms with Crippen LogP contribution in [0.5, 0.6) is 0 Å². The molecule has 1 aliphatic heterocycles. The Hall–Kier alpha value is -1.89. The number of rotatable bonds is 1. The minimum Gasteiger partial charge on any atom is -0.252 e. The van der Waals surface area contributed by atoms with Gasteiger partial charge in [0.1, 0.15) is 0 Å². The minimum atomic E-state index is -0.0112. The Morgan fingerprint density at radius 1 is 1.06 bits per heavy atom. The Morgan fingerprint density at radius 2 is 1.83 bits per heavy atom. The molecular formula is C17H17N. The van der Waals surface area contributed by atoms with Gasteiger partial charge in [-0.3, -0.25) is 4.99 Å². The fourth-order valence-electron chi connectivity index (χ4n) is 2.81. The summed E-state index contributed by atoms with van der Waals surface area (Å²) in [5.74, 6) is 0. The first-order valence-corrected chi connectivity index (χ1v) is 6.38. The number of aliphatic imine (C=N–C) groups is 1. The average molecular weight is 235 g/mol. The zero-order chi connectivity index (χ0) is 12.8. The van der Waals surface area contributed by atoms with Gasteiger partial charge in [0.25, 0.3) is 0 Å². The lowest BCUT2D eigenvalue weighted by molar-refractivity contribution is 0.747. The fourth-order valence-corrected chi connectivity index (χ4v) is 2.81. The molecule has 0 aliphatic carbocycles. The van der Waals surface area contributed by atoms with E-state index in [0.717, 1.165) is 11.4 Å². The molecule has 0 aromatic heterocycles. The lowest BCUT2D eigenvalue weighted by Gasteiger charge is -2.22. The second kappa shape index (κ2) is 3.81. The standard InChI is InChI=1S/C17H17N/c1-4-7-15-17(2,3)16-13-9-6-5-8-12(13)10-11-14(16)18-15/h4-11H,1-3H3/b7-4+. The van der Waals surface area contributed by atoms with Gasteiger partial charge in [0.15, 0.2) is 0 Å². The molecule has 3 rings (SSSR count). The van der Waals surface area contributed by atoms with Crippen LogP contribution in [0, 0.1) is 0 Å². The Kier molecular flexibility index (Phi) is 2.37. The van der Waals surface area contributed by atoms with Gasteiger partial charge < -0.3 is 0 Å². The minimum absolute atomic E-state index is 0.0112. The van der Waals surface area contributed by atoms with Crippen LogP contribution in [-0.2, 0) is 5.41 Å². The summed E-state index contributed by atoms with van der Waals surface area (Å²) in [5, 5.41) is 2.62. The van der Waals surface area contributed by atoms with Crippen LogP contribution in [0.25, 0.3) is 10.8 Å². The maximum atomic E-state index is 4.77. The van der Waals surface area contributed by atoms with Gasteiger partial charge in [-0.15, -0.1) is 0 Å². The number of benzene rings is 2. The number of fused-ring (bicyclic) bond motifs is 3. The van der Waals surface area contributed by atoms with E-state index in [1.54, 1.807) is 0 Å². The summed E-state index contributed by atoms with van der Waals surface area (Å²) in [6.07, 6.45) is 4.18. The first-order chi connectivity index (χ1) is 8.64. The number of hydrogen-bond acceptors (Lipinski definition) is 1. The summed E-state index contributed by atoms with van der Waals surface area (Å²) >= 11 is 0. The Morgan fingerprint density at radius 3 is 2.61 bits per heavy atom. The monoisotopic (exact) mass is 235 g/mol. The van der Waals surface area contributed by atoms with Gasteiger partial charge in [-0.1, -0.05) is 50.3 Å². The molecule has 1 nitrogen and oxygen atoms in total. The topological polar surface area (TPSA) is 12.4 Å². The molecule has 18 heavy (non-hydrogen) atoms. The second-order valence-electron chi connectivity index (χ2n) is 5.30. The lowest BCUT2D eigenvalue weighted by atomic mass is 9.79. The highest BCUT2D eigenvalue weighted by molar-refractivity contribution is 6.12. The zero-order valence-corrected chi connectivity index (χ0v) is 11.1. The highest BCUT2D eigenvalue weighted by Crippen LogP contribution is 2.44. The van der Waals surface area contributed by atoms with E-state index in [9.17, 15) is 0 Å². The average Bonchev–Trinajstić information content (AvgIpc) is 2.62. The van der Waals surface area contributed by atoms with E-state index in [1.165, 1.54) is 16.3 Å². The summed E-state index contributed by atoms with van der Waals surface area (Å²) in [7, 11) is 0. The van der Waals surface area contributed by atoms with Crippen LogP contribution in [0.2, 0.25) is 0 Å². The highest BCUT2D eigenvalue weighted by atomic mass is 14.8. The van der Waals surface area contributed by atoms with Crippen molar-refractivity contribution in [2.45, 2.75) is 26.2 Å². The van der Waals surface area contributed by atoms with Crippen molar-refractivity contribution < 1.29 is 0 Å². The van der Waals surface area contributed by atoms with Crippen LogP contribution in [0.1, 0.15) is 26.3 Å². The molecule has 0 fully saturated rings. The molecule has 0 N–H and O–H groups in total. The molecule has 2 aromatic rings. The van der Waals surface area contributed by atoms with Crippen molar-refractivity contribution in [2.75, 3.05) is 0 Å². The molecule has 1 heterocycles. The first-order valence-electron chi connectivity index (χ1n) is 6.38. The lowest BCUT2D eigenvalue weighted by Crippen LogP contribution is -2.23. The first kappa shape index (κ1) is 11.2. The van der Waals surface area contributed by atoms with Crippen LogP contribution in [0.4, 0.5) is 5.69 Å². The van der Waals surface area contributed by atoms with Gasteiger partial charge in [-0.05, 0) is 35.4 Å². The second-order valence-corrected chi connectivity index (χ2v) is 5.30. The van der Waals surface area contributed by atoms with Gasteiger partial charge in [-0.25, -0.2) is 0 Å². The van der Waals surface area contributed by atoms with Crippen molar-refractivity contribution >= 4 is 22.2 Å². The van der Waals surface area contributed by atoms with Crippen molar-refractivity contribution in [1.82, 2.24) is 0 Å². The molecule has 0 spiro atoms. The zero-order valence-electron chi connectivity index (χ0n) is 11.1. The smallest absolute Gasteiger partial charge is 0.0681 e. The largest absolute Gasteiger partial charge is 0.252 e. The van der Waals surface area contributed by atoms with Crippen LogP contribution in [0.3, 0.4) is 0 Å². The molecule has 1 heteroatoms. The predicted octanol–water partition coefficient (Wildman–Crippen LogP) is 4.78. The van der Waals surface area contributed by atoms with Crippen molar-refractivity contribution in [3.63, 3.8) is 0 Å². The third-order valence-electron chi connectivity index (χ3n) is 3.74. The Bertz CT molecular complexity index is 675. The summed E-state index contributed by atoms with van der Waals surface area (Å²) in [4.78, 5) is 4.77. The normalized spacial score (nSPS) is 17.2. The molecule has 0 amide bonds. The molecule has 90 valence electrons. The summed E-state index contributed by atoms with van der Waals surface area (Å²) in [6.45, 7) is 6.55. The van der Waals surface area contributed by atoms with Gasteiger partial charge in [-0.2, -0.15) is 0 Å². The van der Waals surface area contributed by atoms with E-state index in [4.69, 9.17) is 4.99 Å². The number of hydrogen-bond donors (Lipinski definition) is 0. The van der Waals surface area contributed by atoms with E-state index in [0.29, 0.717) is 0 Å². The van der Waals surface area contributed by atoms with E-state index < -0.39 is 0 Å². The quantitative estimate of drug-likeness (QED) is 0.674. The molecule has 0 atom stereocenters. The third-order valence-corrected chi connectivity index (χ3v) is 3.74. The van der Waals surface area contributed by atoms with E-state index in [1.807, 2.05) is 6.92 Å². The third kappa shape index (κ3) is 1.43. The summed E-state index contributed by atoms with van der Waals surface area (Å²) in [6, 6.07) is 12.8. The van der Waals surface area contributed by atoms with E-state index in [2.05, 4.69) is 62.4 Å². The Balaban J connectivity index is 2.33. The Labute approximate surface area is 108 Å². The van der Waals surface area contributed by atoms with Gasteiger partial charge in [0, 0.05) is 5.41 Å². The van der Waals surface area contributed by atoms with Crippen molar-refractivity contribution in [3.8, 4) is 0 Å². The molecular weight excluding hydrogens is 218 g/mol. The van der Waals surface area contributed by atoms with E-state index >= 15 is 0 Å². The molecule has 0 radical (unpaired) electrons. The van der Waals surface area contributed by atoms with Crippen LogP contribution in [0.15, 0.2) is 53.5 Å². The molecule has 2 aromatic carbocycles. The van der Waals surface area contributed by atoms with Crippen molar-refractivity contribution in [1.29, 1.82) is 0 Å². The van der Waals surface area contributed by atoms with Gasteiger partial charge in [0.05, 0.1) is 11.4 Å². The molecule has 1 aliphatic rings. The summed E-state index contributed by atoms with van der Waals surface area (Å²) in [5.41, 5.74) is 3.61. The molecule has 0 saturated heterocycles. The highest BCUT2D eigenvalue weighted by Gasteiger charge is 2.34. The van der Waals surface area contributed by atoms with Crippen LogP contribution in [-0.4, -0.2) is 5.71 Å². The molecule has 0 saturated carbocycles. The van der Waals surface area contributed by atoms with Crippen molar-refractivity contribution in [2.24, 2.45) is 4.99 Å². The van der Waals surface area contributed by atoms with Crippen LogP contribution < -0.4 is 0 Å². The van der Waals surface area contributed by atoms with Crippen molar-refractivity contribution in [3.05, 3.63) is 54.1 Å². The predicted molar refractivity (Wildman–Crippen MR) is 78.9 cm³/mol. The number of nitrogens with zero attached hydrogens (tertiary/aromatic N) is 1. The van der Waals surface area contributed by atoms with Crippen LogP contribution >= 0.6 is 0 Å². The maximum Gasteiger partial charge on any atom is 0.0681 e. The van der Waals surface area contributed by atoms with Gasteiger partial charge in [0.2, 0.25) is 0 Å². The molecule has 0 bridgehead atoms. The maximum absolute atomic E-state index is 4.77. The van der Waals surface area contributed by atoms with E-state index in [-0.39, 0.29) is 5.41 Å². The number of allylic oxidation sites excluding steroid dienone is 2. The SMILES string of the molecule is C/C=C/C1=Nc2ccc3ccccc3c2C1(C)C. The molecule has 0 unspecified atom stereocenters. The fraction of sp³-hybridized carbons (Fsp3) is 0.235.